The molecular formula is C31H37NO6S. The van der Waals surface area contributed by atoms with Crippen LogP contribution in [0.4, 0.5) is 5.69 Å². The summed E-state index contributed by atoms with van der Waals surface area (Å²) in [7, 11) is -2.64. The van der Waals surface area contributed by atoms with Crippen molar-refractivity contribution in [3.05, 3.63) is 59.2 Å². The number of nitrogens with zero attached hydrogens (tertiary/aromatic N) is 1. The molecule has 1 saturated carbocycles. The monoisotopic (exact) mass is 551 g/mol. The summed E-state index contributed by atoms with van der Waals surface area (Å²) < 4.78 is 46.8. The molecule has 2 aliphatic heterocycles. The number of esters is 1. The minimum absolute atomic E-state index is 0.0786. The zero-order valence-electron chi connectivity index (χ0n) is 22.6. The second-order valence-corrected chi connectivity index (χ2v) is 13.0. The lowest BCUT2D eigenvalue weighted by Gasteiger charge is -2.38. The summed E-state index contributed by atoms with van der Waals surface area (Å²) >= 11 is 0. The predicted octanol–water partition coefficient (Wildman–Crippen LogP) is 5.77. The van der Waals surface area contributed by atoms with Crippen molar-refractivity contribution in [3.8, 4) is 5.75 Å². The minimum atomic E-state index is -3.94. The highest BCUT2D eigenvalue weighted by atomic mass is 32.2. The van der Waals surface area contributed by atoms with Gasteiger partial charge >= 0.3 is 5.97 Å². The van der Waals surface area contributed by atoms with Crippen LogP contribution in [-0.4, -0.2) is 47.4 Å². The zero-order valence-corrected chi connectivity index (χ0v) is 23.4. The number of methoxy groups -OCH3 is 1. The SMILES string of the molecule is COC(=O)c1cc(S(=O)(=O)N2c3ccc(C4=CCCC4)cc3CCC2C2CC2)ccc1OCC1CCOCC1. The Hall–Kier alpha value is -2.84. The summed E-state index contributed by atoms with van der Waals surface area (Å²) in [6, 6.07) is 10.8. The van der Waals surface area contributed by atoms with Crippen LogP contribution in [0.2, 0.25) is 0 Å². The van der Waals surface area contributed by atoms with Crippen LogP contribution in [0.1, 0.15) is 72.9 Å². The summed E-state index contributed by atoms with van der Waals surface area (Å²) in [6.45, 7) is 1.85. The third kappa shape index (κ3) is 5.33. The van der Waals surface area contributed by atoms with E-state index in [1.165, 1.54) is 30.7 Å². The van der Waals surface area contributed by atoms with Crippen LogP contribution in [0, 0.1) is 11.8 Å². The number of hydrogen-bond acceptors (Lipinski definition) is 6. The molecule has 8 heteroatoms. The van der Waals surface area contributed by atoms with E-state index in [0.717, 1.165) is 62.6 Å². The quantitative estimate of drug-likeness (QED) is 0.388. The van der Waals surface area contributed by atoms with Crippen LogP contribution in [-0.2, 0) is 25.9 Å². The number of ether oxygens (including phenoxy) is 3. The van der Waals surface area contributed by atoms with E-state index >= 15 is 0 Å². The van der Waals surface area contributed by atoms with Crippen LogP contribution in [0.25, 0.3) is 5.57 Å². The molecule has 0 amide bonds. The predicted molar refractivity (Wildman–Crippen MR) is 150 cm³/mol. The van der Waals surface area contributed by atoms with Crippen molar-refractivity contribution in [2.24, 2.45) is 11.8 Å². The number of carbonyl (C=O) groups is 1. The Kier molecular flexibility index (Phi) is 7.42. The smallest absolute Gasteiger partial charge is 0.341 e. The maximum absolute atomic E-state index is 14.3. The van der Waals surface area contributed by atoms with Gasteiger partial charge in [-0.3, -0.25) is 4.31 Å². The Morgan fingerprint density at radius 3 is 2.56 bits per heavy atom. The Morgan fingerprint density at radius 1 is 1.03 bits per heavy atom. The van der Waals surface area contributed by atoms with Gasteiger partial charge in [0.05, 0.1) is 24.3 Å². The summed E-state index contributed by atoms with van der Waals surface area (Å²) in [4.78, 5) is 12.8. The van der Waals surface area contributed by atoms with Crippen molar-refractivity contribution in [1.82, 2.24) is 0 Å². The number of allylic oxidation sites excluding steroid dienone is 2. The highest BCUT2D eigenvalue weighted by Crippen LogP contribution is 2.46. The summed E-state index contributed by atoms with van der Waals surface area (Å²) in [6.07, 6.45) is 11.2. The molecule has 0 spiro atoms. The number of sulfonamides is 1. The van der Waals surface area contributed by atoms with E-state index in [-0.39, 0.29) is 16.5 Å². The van der Waals surface area contributed by atoms with E-state index < -0.39 is 16.0 Å². The van der Waals surface area contributed by atoms with Gasteiger partial charge in [0.2, 0.25) is 0 Å². The third-order valence-corrected chi connectivity index (χ3v) is 10.5. The Balaban J connectivity index is 1.34. The fourth-order valence-electron chi connectivity index (χ4n) is 6.25. The van der Waals surface area contributed by atoms with E-state index in [0.29, 0.717) is 37.4 Å². The van der Waals surface area contributed by atoms with Crippen LogP contribution >= 0.6 is 0 Å². The van der Waals surface area contributed by atoms with Crippen molar-refractivity contribution in [3.63, 3.8) is 0 Å². The van der Waals surface area contributed by atoms with E-state index in [2.05, 4.69) is 18.2 Å². The molecule has 2 aromatic carbocycles. The number of anilines is 1. The van der Waals surface area contributed by atoms with Crippen LogP contribution < -0.4 is 9.04 Å². The summed E-state index contributed by atoms with van der Waals surface area (Å²) in [5, 5.41) is 0. The molecule has 7 nitrogen and oxygen atoms in total. The molecule has 0 N–H and O–H groups in total. The first-order valence-corrected chi connectivity index (χ1v) is 15.7. The van der Waals surface area contributed by atoms with Gasteiger partial charge in [0.15, 0.2) is 0 Å². The van der Waals surface area contributed by atoms with Crippen molar-refractivity contribution >= 4 is 27.3 Å². The van der Waals surface area contributed by atoms with Gasteiger partial charge in [0.1, 0.15) is 11.3 Å². The van der Waals surface area contributed by atoms with Crippen molar-refractivity contribution < 1.29 is 27.4 Å². The maximum Gasteiger partial charge on any atom is 0.341 e. The number of rotatable bonds is 8. The van der Waals surface area contributed by atoms with Crippen molar-refractivity contribution in [2.75, 3.05) is 31.2 Å². The van der Waals surface area contributed by atoms with Crippen LogP contribution in [0.5, 0.6) is 5.75 Å². The van der Waals surface area contributed by atoms with Crippen LogP contribution in [0.3, 0.4) is 0 Å². The van der Waals surface area contributed by atoms with Gasteiger partial charge in [-0.2, -0.15) is 0 Å². The molecule has 2 aliphatic carbocycles. The number of benzene rings is 2. The Labute approximate surface area is 231 Å². The first-order valence-electron chi connectivity index (χ1n) is 14.3. The average Bonchev–Trinajstić information content (AvgIpc) is 3.67. The normalized spacial score (nSPS) is 21.8. The van der Waals surface area contributed by atoms with Gasteiger partial charge in [0.25, 0.3) is 10.0 Å². The highest BCUT2D eigenvalue weighted by Gasteiger charge is 2.44. The molecule has 1 atom stereocenters. The molecule has 0 aromatic heterocycles. The molecular weight excluding hydrogens is 514 g/mol. The molecule has 208 valence electrons. The fraction of sp³-hybridized carbons (Fsp3) is 0.516. The third-order valence-electron chi connectivity index (χ3n) is 8.63. The van der Waals surface area contributed by atoms with Crippen molar-refractivity contribution in [1.29, 1.82) is 0 Å². The highest BCUT2D eigenvalue weighted by molar-refractivity contribution is 7.92. The van der Waals surface area contributed by atoms with Gasteiger partial charge in [-0.1, -0.05) is 12.1 Å². The van der Waals surface area contributed by atoms with E-state index in [1.807, 2.05) is 6.07 Å². The molecule has 0 radical (unpaired) electrons. The molecule has 2 aromatic rings. The first-order chi connectivity index (χ1) is 19.0. The lowest BCUT2D eigenvalue weighted by Crippen LogP contribution is -2.45. The topological polar surface area (TPSA) is 82.1 Å². The Bertz CT molecular complexity index is 1370. The molecule has 6 rings (SSSR count). The number of hydrogen-bond donors (Lipinski definition) is 0. The minimum Gasteiger partial charge on any atom is -0.492 e. The largest absolute Gasteiger partial charge is 0.492 e. The molecule has 2 fully saturated rings. The average molecular weight is 552 g/mol. The number of aryl methyl sites for hydroxylation is 1. The maximum atomic E-state index is 14.3. The summed E-state index contributed by atoms with van der Waals surface area (Å²) in [5.41, 5.74) is 4.53. The van der Waals surface area contributed by atoms with Gasteiger partial charge < -0.3 is 14.2 Å². The fourth-order valence-corrected chi connectivity index (χ4v) is 8.05. The zero-order chi connectivity index (χ0) is 27.0. The molecule has 2 heterocycles. The van der Waals surface area contributed by atoms with Gasteiger partial charge in [-0.15, -0.1) is 0 Å². The van der Waals surface area contributed by atoms with Crippen molar-refractivity contribution in [2.45, 2.75) is 68.7 Å². The second-order valence-electron chi connectivity index (χ2n) is 11.2. The lowest BCUT2D eigenvalue weighted by atomic mass is 9.92. The molecule has 1 saturated heterocycles. The molecule has 4 aliphatic rings. The number of fused-ring (bicyclic) bond motifs is 1. The van der Waals surface area contributed by atoms with Gasteiger partial charge in [0, 0.05) is 19.3 Å². The summed E-state index contributed by atoms with van der Waals surface area (Å²) in [5.74, 6) is 0.440. The lowest BCUT2D eigenvalue weighted by molar-refractivity contribution is 0.0483. The second kappa shape index (κ2) is 11.0. The molecule has 1 unspecified atom stereocenters. The van der Waals surface area contributed by atoms with E-state index in [4.69, 9.17) is 14.2 Å². The van der Waals surface area contributed by atoms with Gasteiger partial charge in [-0.05, 0) is 117 Å². The molecule has 39 heavy (non-hydrogen) atoms. The molecule has 0 bridgehead atoms. The van der Waals surface area contributed by atoms with Crippen LogP contribution in [0.15, 0.2) is 47.4 Å². The van der Waals surface area contributed by atoms with E-state index in [9.17, 15) is 13.2 Å². The Morgan fingerprint density at radius 2 is 1.85 bits per heavy atom. The standard InChI is InChI=1S/C31H37NO6S/c1-36-31(33)27-19-26(10-13-30(27)38-20-21-14-16-37-17-15-21)39(34,35)32-28(23-6-7-23)12-9-25-18-24(8-11-29(25)32)22-4-2-3-5-22/h4,8,10-11,13,18-19,21,23,28H,2-3,5-7,9,12,14-17,20H2,1H3. The first kappa shape index (κ1) is 26.4. The number of carbonyl (C=O) groups excluding carboxylic acids is 1. The van der Waals surface area contributed by atoms with Gasteiger partial charge in [-0.25, -0.2) is 13.2 Å². The van der Waals surface area contributed by atoms with E-state index in [1.54, 1.807) is 16.4 Å².